The molecule has 2 atom stereocenters. The summed E-state index contributed by atoms with van der Waals surface area (Å²) in [6.45, 7) is 2.43. The Morgan fingerprint density at radius 2 is 1.88 bits per heavy atom. The lowest BCUT2D eigenvalue weighted by atomic mass is 9.83. The third kappa shape index (κ3) is 5.14. The van der Waals surface area contributed by atoms with Gasteiger partial charge in [0.2, 0.25) is 5.88 Å². The number of pyridine rings is 1. The zero-order chi connectivity index (χ0) is 27.8. The Morgan fingerprint density at radius 1 is 1.07 bits per heavy atom. The average molecular weight is 606 g/mol. The zero-order valence-electron chi connectivity index (χ0n) is 21.9. The summed E-state index contributed by atoms with van der Waals surface area (Å²) in [4.78, 5) is 27.1. The number of amides is 1. The van der Waals surface area contributed by atoms with Gasteiger partial charge in [-0.05, 0) is 60.9 Å². The van der Waals surface area contributed by atoms with Crippen molar-refractivity contribution >= 4 is 38.4 Å². The number of halogens is 1. The molecule has 11 heteroatoms. The van der Waals surface area contributed by atoms with Gasteiger partial charge < -0.3 is 19.1 Å². The van der Waals surface area contributed by atoms with Gasteiger partial charge in [0.25, 0.3) is 5.56 Å². The molecule has 6 rings (SSSR count). The standard InChI is InChI=1S/C29H28BrN5O5/c1-39-21-6-8-22(9-7-21)40-16-26(36)31-32-28-23-12-20(30)5-10-25(23)35(29(28)38)17-33-13-18-11-19(15-33)24-3-2-4-27(37)34(24)14-18/h2-10,12,18-19,38H,11,13-17H2,1H3/t18-,19-/m1/s1. The number of nitrogens with zero attached hydrogens (tertiary/aromatic N) is 5. The second-order valence-electron chi connectivity index (χ2n) is 10.2. The number of methoxy groups -OCH3 is 1. The third-order valence-electron chi connectivity index (χ3n) is 7.55. The molecule has 2 aromatic carbocycles. The normalized spacial score (nSPS) is 18.6. The molecule has 1 amide bonds. The van der Waals surface area contributed by atoms with E-state index in [-0.39, 0.29) is 29.7 Å². The first-order valence-electron chi connectivity index (χ1n) is 13.0. The van der Waals surface area contributed by atoms with E-state index in [1.165, 1.54) is 0 Å². The summed E-state index contributed by atoms with van der Waals surface area (Å²) < 4.78 is 15.2. The number of aromatic hydroxyl groups is 1. The first-order valence-corrected chi connectivity index (χ1v) is 13.8. The minimum Gasteiger partial charge on any atom is -0.497 e. The van der Waals surface area contributed by atoms with Gasteiger partial charge in [-0.3, -0.25) is 19.1 Å². The van der Waals surface area contributed by atoms with Crippen molar-refractivity contribution in [1.29, 1.82) is 0 Å². The highest BCUT2D eigenvalue weighted by atomic mass is 79.9. The third-order valence-corrected chi connectivity index (χ3v) is 8.05. The number of benzene rings is 2. The summed E-state index contributed by atoms with van der Waals surface area (Å²) in [5, 5.41) is 19.9. The summed E-state index contributed by atoms with van der Waals surface area (Å²) in [5.41, 5.74) is 2.13. The smallest absolute Gasteiger partial charge is 0.302 e. The molecular weight excluding hydrogens is 578 g/mol. The Bertz CT molecular complexity index is 1660. The van der Waals surface area contributed by atoms with E-state index in [1.807, 2.05) is 34.9 Å². The number of azo groups is 1. The molecule has 2 aliphatic rings. The number of hydrogen-bond donors (Lipinski definition) is 1. The molecule has 2 aromatic heterocycles. The van der Waals surface area contributed by atoms with Gasteiger partial charge in [-0.15, -0.1) is 10.2 Å². The first kappa shape index (κ1) is 26.3. The Labute approximate surface area is 238 Å². The summed E-state index contributed by atoms with van der Waals surface area (Å²) >= 11 is 3.50. The topological polar surface area (TPSA) is 111 Å². The number of likely N-dealkylation sites (tertiary alicyclic amines) is 1. The van der Waals surface area contributed by atoms with E-state index >= 15 is 0 Å². The zero-order valence-corrected chi connectivity index (χ0v) is 23.5. The number of ether oxygens (including phenoxy) is 2. The molecule has 10 nitrogen and oxygen atoms in total. The Morgan fingerprint density at radius 3 is 2.67 bits per heavy atom. The van der Waals surface area contributed by atoms with Gasteiger partial charge in [-0.1, -0.05) is 22.0 Å². The van der Waals surface area contributed by atoms with Crippen molar-refractivity contribution in [3.8, 4) is 17.4 Å². The van der Waals surface area contributed by atoms with E-state index < -0.39 is 5.91 Å². The number of carbonyl (C=O) groups is 1. The number of rotatable bonds is 7. The maximum absolute atomic E-state index is 12.4. The Hall–Kier alpha value is -3.96. The van der Waals surface area contributed by atoms with Crippen LogP contribution in [0.4, 0.5) is 5.69 Å². The molecule has 0 saturated carbocycles. The van der Waals surface area contributed by atoms with Crippen LogP contribution in [-0.2, 0) is 18.0 Å². The highest BCUT2D eigenvalue weighted by Crippen LogP contribution is 2.41. The summed E-state index contributed by atoms with van der Waals surface area (Å²) in [5.74, 6) is 1.15. The van der Waals surface area contributed by atoms with Crippen molar-refractivity contribution in [3.63, 3.8) is 0 Å². The number of hydrogen-bond acceptors (Lipinski definition) is 7. The lowest BCUT2D eigenvalue weighted by Crippen LogP contribution is -2.47. The fourth-order valence-corrected chi connectivity index (χ4v) is 6.16. The Kier molecular flexibility index (Phi) is 7.16. The van der Waals surface area contributed by atoms with E-state index in [4.69, 9.17) is 9.47 Å². The van der Waals surface area contributed by atoms with E-state index in [0.29, 0.717) is 36.0 Å². The highest BCUT2D eigenvalue weighted by molar-refractivity contribution is 9.10. The lowest BCUT2D eigenvalue weighted by Gasteiger charge is -2.42. The number of piperidine rings is 1. The van der Waals surface area contributed by atoms with Crippen LogP contribution in [0, 0.1) is 5.92 Å². The maximum atomic E-state index is 12.4. The maximum Gasteiger partial charge on any atom is 0.302 e. The summed E-state index contributed by atoms with van der Waals surface area (Å²) in [6.07, 6.45) is 1.05. The number of carbonyl (C=O) groups excluding carboxylic acids is 1. The van der Waals surface area contributed by atoms with Crippen LogP contribution in [0.3, 0.4) is 0 Å². The van der Waals surface area contributed by atoms with Gasteiger partial charge in [0, 0.05) is 47.2 Å². The molecule has 2 bridgehead atoms. The first-order chi connectivity index (χ1) is 19.4. The van der Waals surface area contributed by atoms with Crippen LogP contribution in [0.5, 0.6) is 17.4 Å². The van der Waals surface area contributed by atoms with Crippen molar-refractivity contribution in [1.82, 2.24) is 14.0 Å². The molecule has 206 valence electrons. The fourth-order valence-electron chi connectivity index (χ4n) is 5.80. The van der Waals surface area contributed by atoms with Crippen LogP contribution < -0.4 is 15.0 Å². The molecule has 0 radical (unpaired) electrons. The SMILES string of the molecule is COc1ccc(OCC(=O)N=Nc2c(O)n(CN3C[C@H]4C[C@H](C3)c3cccc(=O)n3C4)c3ccc(Br)cc23)cc1. The molecule has 2 aliphatic heterocycles. The van der Waals surface area contributed by atoms with E-state index in [2.05, 4.69) is 31.1 Å². The molecule has 1 N–H and O–H groups in total. The number of aromatic nitrogens is 2. The van der Waals surface area contributed by atoms with Crippen LogP contribution in [-0.4, -0.2) is 51.9 Å². The van der Waals surface area contributed by atoms with Gasteiger partial charge >= 0.3 is 5.91 Å². The van der Waals surface area contributed by atoms with Crippen molar-refractivity contribution in [3.05, 3.63) is 81.2 Å². The molecule has 4 heterocycles. The minimum absolute atomic E-state index is 0.0548. The summed E-state index contributed by atoms with van der Waals surface area (Å²) in [7, 11) is 1.57. The van der Waals surface area contributed by atoms with Crippen molar-refractivity contribution < 1.29 is 19.4 Å². The van der Waals surface area contributed by atoms with Crippen LogP contribution in [0.2, 0.25) is 0 Å². The van der Waals surface area contributed by atoms with Gasteiger partial charge in [-0.2, -0.15) is 0 Å². The van der Waals surface area contributed by atoms with Crippen LogP contribution in [0.25, 0.3) is 10.9 Å². The van der Waals surface area contributed by atoms with Gasteiger partial charge in [0.15, 0.2) is 12.3 Å². The highest BCUT2D eigenvalue weighted by Gasteiger charge is 2.35. The van der Waals surface area contributed by atoms with Gasteiger partial charge in [0.1, 0.15) is 11.5 Å². The van der Waals surface area contributed by atoms with Crippen LogP contribution in [0.1, 0.15) is 18.0 Å². The van der Waals surface area contributed by atoms with Crippen molar-refractivity contribution in [2.75, 3.05) is 26.8 Å². The van der Waals surface area contributed by atoms with Crippen molar-refractivity contribution in [2.24, 2.45) is 16.1 Å². The van der Waals surface area contributed by atoms with E-state index in [0.717, 1.165) is 35.2 Å². The predicted molar refractivity (Wildman–Crippen MR) is 152 cm³/mol. The van der Waals surface area contributed by atoms with Crippen LogP contribution in [0.15, 0.2) is 80.2 Å². The summed E-state index contributed by atoms with van der Waals surface area (Å²) in [6, 6.07) is 18.0. The molecule has 4 aromatic rings. The largest absolute Gasteiger partial charge is 0.497 e. The molecule has 0 spiro atoms. The lowest BCUT2D eigenvalue weighted by molar-refractivity contribution is -0.120. The molecule has 1 fully saturated rings. The second kappa shape index (κ2) is 10.9. The van der Waals surface area contributed by atoms with Crippen LogP contribution >= 0.6 is 15.9 Å². The average Bonchev–Trinajstić information content (AvgIpc) is 3.20. The second-order valence-corrected chi connectivity index (χ2v) is 11.1. The van der Waals surface area contributed by atoms with Gasteiger partial charge in [0.05, 0.1) is 19.3 Å². The number of fused-ring (bicyclic) bond motifs is 5. The molecule has 0 unspecified atom stereocenters. The van der Waals surface area contributed by atoms with E-state index in [9.17, 15) is 14.7 Å². The van der Waals surface area contributed by atoms with E-state index in [1.54, 1.807) is 42.0 Å². The monoisotopic (exact) mass is 605 g/mol. The molecule has 40 heavy (non-hydrogen) atoms. The molecule has 1 saturated heterocycles. The fraction of sp³-hybridized carbons (Fsp3) is 0.310. The quantitative estimate of drug-likeness (QED) is 0.295. The van der Waals surface area contributed by atoms with Gasteiger partial charge in [-0.25, -0.2) is 0 Å². The molecular formula is C29H28BrN5O5. The molecule has 0 aliphatic carbocycles. The predicted octanol–water partition coefficient (Wildman–Crippen LogP) is 5.05. The van der Waals surface area contributed by atoms with Crippen molar-refractivity contribution in [2.45, 2.75) is 25.6 Å². The Balaban J connectivity index is 1.21. The minimum atomic E-state index is -0.580.